The van der Waals surface area contributed by atoms with Crippen molar-refractivity contribution in [3.05, 3.63) is 0 Å². The van der Waals surface area contributed by atoms with E-state index < -0.39 is 5.97 Å². The molecule has 0 radical (unpaired) electrons. The van der Waals surface area contributed by atoms with E-state index in [9.17, 15) is 15.0 Å². The van der Waals surface area contributed by atoms with Gasteiger partial charge in [0, 0.05) is 19.5 Å². The topological polar surface area (TPSA) is 99.0 Å². The highest BCUT2D eigenvalue weighted by atomic mass is 16.5. The summed E-state index contributed by atoms with van der Waals surface area (Å²) < 4.78 is 5.01. The van der Waals surface area contributed by atoms with Crippen molar-refractivity contribution in [2.45, 2.75) is 97.2 Å². The summed E-state index contributed by atoms with van der Waals surface area (Å²) in [7, 11) is 0. The second-order valence-corrected chi connectivity index (χ2v) is 12.7. The third-order valence-electron chi connectivity index (χ3n) is 11.2. The number of aliphatic hydroxyl groups excluding tert-OH is 2. The summed E-state index contributed by atoms with van der Waals surface area (Å²) in [6.07, 6.45) is 9.26. The molecule has 34 heavy (non-hydrogen) atoms. The average Bonchev–Trinajstić information content (AvgIpc) is 3.19. The SMILES string of the molecule is C1COCCN1.CC(CCC(=O)O)[C@H]1CC[C@H]2[C@@H]3CC[C@@H]4C[C@H](O)CC[C@]4(C)[C@H]3C[C@H](O)[C@]12C. The van der Waals surface area contributed by atoms with Crippen molar-refractivity contribution >= 4 is 5.97 Å². The van der Waals surface area contributed by atoms with Crippen molar-refractivity contribution in [3.8, 4) is 0 Å². The molecule has 10 atom stereocenters. The highest BCUT2D eigenvalue weighted by Gasteiger charge is 2.63. The molecule has 1 aliphatic heterocycles. The Bertz CT molecular complexity index is 687. The standard InChI is InChI=1S/C24H40O4.C4H9NO/c1-14(4-9-22(27)28)18-7-8-19-17-6-5-15-12-16(25)10-11-23(15,2)20(17)13-21(26)24(18,19)3;1-3-6-4-2-5-1/h14-21,25-26H,4-13H2,1-3H3,(H,27,28);5H,1-4H2/t14?,15-,16-,17+,18-,19+,20+,21+,23+,24-;/m1./s1. The molecule has 4 N–H and O–H groups in total. The summed E-state index contributed by atoms with van der Waals surface area (Å²) in [6.45, 7) is 10.8. The third kappa shape index (κ3) is 4.94. The fraction of sp³-hybridized carbons (Fsp3) is 0.964. The molecule has 1 saturated heterocycles. The lowest BCUT2D eigenvalue weighted by Gasteiger charge is -2.62. The van der Waals surface area contributed by atoms with Crippen LogP contribution in [0.4, 0.5) is 0 Å². The van der Waals surface area contributed by atoms with Gasteiger partial charge in [-0.15, -0.1) is 0 Å². The number of rotatable bonds is 4. The lowest BCUT2D eigenvalue weighted by Crippen LogP contribution is -2.58. The molecular weight excluding hydrogens is 430 g/mol. The van der Waals surface area contributed by atoms with Crippen LogP contribution in [-0.2, 0) is 9.53 Å². The van der Waals surface area contributed by atoms with Gasteiger partial charge in [0.2, 0.25) is 0 Å². The molecule has 0 aromatic rings. The number of ether oxygens (including phenoxy) is 1. The molecule has 1 heterocycles. The van der Waals surface area contributed by atoms with Crippen LogP contribution in [0.15, 0.2) is 0 Å². The summed E-state index contributed by atoms with van der Waals surface area (Å²) in [6, 6.07) is 0. The van der Waals surface area contributed by atoms with Gasteiger partial charge in [0.05, 0.1) is 25.4 Å². The van der Waals surface area contributed by atoms with Crippen LogP contribution in [0.5, 0.6) is 0 Å². The Balaban J connectivity index is 0.000000398. The number of nitrogens with one attached hydrogen (secondary N) is 1. The Morgan fingerprint density at radius 1 is 1.03 bits per heavy atom. The second kappa shape index (κ2) is 10.7. The number of aliphatic carboxylic acids is 1. The van der Waals surface area contributed by atoms with E-state index in [1.54, 1.807) is 0 Å². The largest absolute Gasteiger partial charge is 0.481 e. The summed E-state index contributed by atoms with van der Waals surface area (Å²) in [5, 5.41) is 33.9. The lowest BCUT2D eigenvalue weighted by molar-refractivity contribution is -0.175. The van der Waals surface area contributed by atoms with Crippen LogP contribution >= 0.6 is 0 Å². The number of hydrogen-bond acceptors (Lipinski definition) is 5. The zero-order chi connectivity index (χ0) is 24.5. The van der Waals surface area contributed by atoms with Gasteiger partial charge in [-0.2, -0.15) is 0 Å². The lowest BCUT2D eigenvalue weighted by atomic mass is 9.43. The fourth-order valence-corrected chi connectivity index (χ4v) is 9.23. The second-order valence-electron chi connectivity index (χ2n) is 12.7. The van der Waals surface area contributed by atoms with Gasteiger partial charge in [0.1, 0.15) is 0 Å². The summed E-state index contributed by atoms with van der Waals surface area (Å²) >= 11 is 0. The van der Waals surface area contributed by atoms with E-state index >= 15 is 0 Å². The smallest absolute Gasteiger partial charge is 0.303 e. The number of carbonyl (C=O) groups is 1. The van der Waals surface area contributed by atoms with Gasteiger partial charge < -0.3 is 25.4 Å². The van der Waals surface area contributed by atoms with Crippen LogP contribution in [0, 0.1) is 46.3 Å². The van der Waals surface area contributed by atoms with Crippen molar-refractivity contribution < 1.29 is 24.9 Å². The Morgan fingerprint density at radius 2 is 1.76 bits per heavy atom. The number of carboxylic acid groups (broad SMARTS) is 1. The van der Waals surface area contributed by atoms with Crippen molar-refractivity contribution in [1.29, 1.82) is 0 Å². The first kappa shape index (κ1) is 26.4. The minimum absolute atomic E-state index is 0.0591. The number of carboxylic acids is 1. The maximum atomic E-state index is 11.5. The molecule has 5 fully saturated rings. The van der Waals surface area contributed by atoms with Crippen LogP contribution in [0.3, 0.4) is 0 Å². The molecule has 0 aromatic heterocycles. The van der Waals surface area contributed by atoms with Crippen molar-refractivity contribution in [3.63, 3.8) is 0 Å². The van der Waals surface area contributed by atoms with Gasteiger partial charge in [-0.1, -0.05) is 20.8 Å². The Kier molecular flexibility index (Phi) is 8.33. The van der Waals surface area contributed by atoms with Gasteiger partial charge in [-0.05, 0) is 104 Å². The normalized spacial score (nSPS) is 46.8. The van der Waals surface area contributed by atoms with Gasteiger partial charge in [-0.3, -0.25) is 4.79 Å². The van der Waals surface area contributed by atoms with Crippen LogP contribution in [-0.4, -0.2) is 59.8 Å². The van der Waals surface area contributed by atoms with Crippen molar-refractivity contribution in [1.82, 2.24) is 5.32 Å². The molecule has 0 bridgehead atoms. The maximum Gasteiger partial charge on any atom is 0.303 e. The van der Waals surface area contributed by atoms with Gasteiger partial charge in [0.15, 0.2) is 0 Å². The van der Waals surface area contributed by atoms with E-state index in [4.69, 9.17) is 9.84 Å². The zero-order valence-corrected chi connectivity index (χ0v) is 21.7. The van der Waals surface area contributed by atoms with Crippen LogP contribution < -0.4 is 5.32 Å². The summed E-state index contributed by atoms with van der Waals surface area (Å²) in [4.78, 5) is 11.1. The highest BCUT2D eigenvalue weighted by molar-refractivity contribution is 5.66. The van der Waals surface area contributed by atoms with Crippen LogP contribution in [0.1, 0.15) is 85.0 Å². The molecule has 0 aromatic carbocycles. The van der Waals surface area contributed by atoms with Crippen LogP contribution in [0.25, 0.3) is 0 Å². The minimum Gasteiger partial charge on any atom is -0.481 e. The minimum atomic E-state index is -0.707. The molecule has 196 valence electrons. The molecule has 5 aliphatic rings. The van der Waals surface area contributed by atoms with E-state index in [1.807, 2.05) is 0 Å². The quantitative estimate of drug-likeness (QED) is 0.485. The number of hydrogen-bond donors (Lipinski definition) is 4. The molecular formula is C28H49NO5. The van der Waals surface area contributed by atoms with Crippen molar-refractivity contribution in [2.24, 2.45) is 46.3 Å². The van der Waals surface area contributed by atoms with E-state index in [0.29, 0.717) is 35.5 Å². The third-order valence-corrected chi connectivity index (χ3v) is 11.2. The predicted octanol–water partition coefficient (Wildman–Crippen LogP) is 4.08. The summed E-state index contributed by atoms with van der Waals surface area (Å²) in [5.74, 6) is 2.55. The highest BCUT2D eigenvalue weighted by Crippen LogP contribution is 2.68. The Hall–Kier alpha value is -0.690. The first-order valence-corrected chi connectivity index (χ1v) is 14.0. The first-order valence-electron chi connectivity index (χ1n) is 14.0. The molecule has 0 amide bonds. The molecule has 0 spiro atoms. The zero-order valence-electron chi connectivity index (χ0n) is 21.7. The molecule has 6 heteroatoms. The van der Waals surface area contributed by atoms with Gasteiger partial charge in [-0.25, -0.2) is 0 Å². The molecule has 6 nitrogen and oxygen atoms in total. The number of fused-ring (bicyclic) bond motifs is 5. The van der Waals surface area contributed by atoms with E-state index in [2.05, 4.69) is 26.1 Å². The number of morpholine rings is 1. The number of aliphatic hydroxyl groups is 2. The van der Waals surface area contributed by atoms with Gasteiger partial charge >= 0.3 is 5.97 Å². The van der Waals surface area contributed by atoms with E-state index in [1.165, 1.54) is 19.3 Å². The van der Waals surface area contributed by atoms with E-state index in [-0.39, 0.29) is 29.5 Å². The van der Waals surface area contributed by atoms with Crippen LogP contribution in [0.2, 0.25) is 0 Å². The Labute approximate surface area is 206 Å². The Morgan fingerprint density at radius 3 is 2.38 bits per heavy atom. The fourth-order valence-electron chi connectivity index (χ4n) is 9.23. The monoisotopic (exact) mass is 479 g/mol. The van der Waals surface area contributed by atoms with Gasteiger partial charge in [0.25, 0.3) is 0 Å². The van der Waals surface area contributed by atoms with Crippen molar-refractivity contribution in [2.75, 3.05) is 26.3 Å². The maximum absolute atomic E-state index is 11.5. The molecule has 4 aliphatic carbocycles. The molecule has 1 unspecified atom stereocenters. The molecule has 4 saturated carbocycles. The predicted molar refractivity (Wildman–Crippen MR) is 132 cm³/mol. The van der Waals surface area contributed by atoms with E-state index in [0.717, 1.165) is 64.8 Å². The molecule has 5 rings (SSSR count). The summed E-state index contributed by atoms with van der Waals surface area (Å²) in [5.41, 5.74) is 0.216. The first-order chi connectivity index (χ1) is 16.2. The average molecular weight is 480 g/mol.